The number of hydrogen-bond donors (Lipinski definition) is 0. The van der Waals surface area contributed by atoms with Crippen LogP contribution in [0.4, 0.5) is 32.2 Å². The van der Waals surface area contributed by atoms with Crippen LogP contribution in [-0.2, 0) is 18.8 Å². The highest BCUT2D eigenvalue weighted by Gasteiger charge is 2.37. The number of ether oxygens (including phenoxy) is 1. The molecule has 1 aliphatic rings. The summed E-state index contributed by atoms with van der Waals surface area (Å²) in [6, 6.07) is 14.3. The summed E-state index contributed by atoms with van der Waals surface area (Å²) in [4.78, 5) is 8.67. The normalized spacial score (nSPS) is 16.0. The third kappa shape index (κ3) is 6.54. The maximum absolute atomic E-state index is 13.4. The predicted octanol–water partition coefficient (Wildman–Crippen LogP) is 6.44. The molecule has 197 valence electrons. The molecule has 0 spiro atoms. The number of hydrogen-bond acceptors (Lipinski definition) is 4. The number of piperazine rings is 1. The highest BCUT2D eigenvalue weighted by molar-refractivity contribution is 5.41. The van der Waals surface area contributed by atoms with E-state index in [0.29, 0.717) is 31.9 Å². The molecule has 1 unspecified atom stereocenters. The Kier molecular flexibility index (Phi) is 7.96. The van der Waals surface area contributed by atoms with Crippen molar-refractivity contribution in [1.82, 2.24) is 9.88 Å². The van der Waals surface area contributed by atoms with Crippen molar-refractivity contribution in [2.24, 2.45) is 0 Å². The van der Waals surface area contributed by atoms with Gasteiger partial charge in [-0.2, -0.15) is 26.3 Å². The minimum absolute atomic E-state index is 0.0610. The van der Waals surface area contributed by atoms with Crippen LogP contribution in [0.2, 0.25) is 0 Å². The van der Waals surface area contributed by atoms with Crippen LogP contribution in [0.25, 0.3) is 0 Å². The van der Waals surface area contributed by atoms with Gasteiger partial charge in [0, 0.05) is 44.0 Å². The molecule has 0 N–H and O–H groups in total. The van der Waals surface area contributed by atoms with Gasteiger partial charge in [-0.25, -0.2) is 4.98 Å². The van der Waals surface area contributed by atoms with Gasteiger partial charge in [0.15, 0.2) is 0 Å². The van der Waals surface area contributed by atoms with E-state index in [2.05, 4.69) is 14.8 Å². The van der Waals surface area contributed by atoms with E-state index in [4.69, 9.17) is 4.74 Å². The molecule has 4 rings (SSSR count). The van der Waals surface area contributed by atoms with Crippen LogP contribution in [-0.4, -0.2) is 43.2 Å². The molecule has 1 atom stereocenters. The summed E-state index contributed by atoms with van der Waals surface area (Å²) in [5, 5.41) is 0. The smallest absolute Gasteiger partial charge is 0.416 e. The summed E-state index contributed by atoms with van der Waals surface area (Å²) in [5.41, 5.74) is -1.90. The van der Waals surface area contributed by atoms with Gasteiger partial charge in [0.25, 0.3) is 0 Å². The maximum atomic E-state index is 13.4. The van der Waals surface area contributed by atoms with Crippen LogP contribution < -0.4 is 9.64 Å². The average Bonchev–Trinajstić information content (AvgIpc) is 2.89. The fourth-order valence-corrected chi connectivity index (χ4v) is 4.54. The molecule has 37 heavy (non-hydrogen) atoms. The van der Waals surface area contributed by atoms with Gasteiger partial charge in [0.2, 0.25) is 0 Å². The van der Waals surface area contributed by atoms with Gasteiger partial charge in [0.1, 0.15) is 11.6 Å². The summed E-state index contributed by atoms with van der Waals surface area (Å²) in [7, 11) is 1.53. The lowest BCUT2D eigenvalue weighted by atomic mass is 9.94. The number of aromatic nitrogens is 1. The highest BCUT2D eigenvalue weighted by atomic mass is 19.4. The molecule has 1 saturated heterocycles. The Balaban J connectivity index is 1.59. The monoisotopic (exact) mass is 522 g/mol. The molecule has 1 radical (unpaired) electrons. The molecule has 0 bridgehead atoms. The number of para-hydroxylation sites is 1. The summed E-state index contributed by atoms with van der Waals surface area (Å²) in [6.45, 7) is 2.56. The lowest BCUT2D eigenvalue weighted by Crippen LogP contribution is -2.48. The lowest BCUT2D eigenvalue weighted by molar-refractivity contribution is -0.143. The Labute approximate surface area is 211 Å². The third-order valence-electron chi connectivity index (χ3n) is 6.36. The second-order valence-electron chi connectivity index (χ2n) is 8.75. The predicted molar refractivity (Wildman–Crippen MR) is 128 cm³/mol. The summed E-state index contributed by atoms with van der Waals surface area (Å²) in [6.07, 6.45) is -6.39. The number of pyridine rings is 1. The Bertz CT molecular complexity index is 1140. The van der Waals surface area contributed by atoms with Gasteiger partial charge in [-0.1, -0.05) is 24.3 Å². The van der Waals surface area contributed by atoms with Gasteiger partial charge >= 0.3 is 12.4 Å². The van der Waals surface area contributed by atoms with Crippen LogP contribution in [0.1, 0.15) is 28.3 Å². The van der Waals surface area contributed by atoms with Crippen LogP contribution >= 0.6 is 0 Å². The van der Waals surface area contributed by atoms with Gasteiger partial charge in [-0.05, 0) is 54.8 Å². The molecule has 10 heteroatoms. The number of alkyl halides is 6. The number of halogens is 6. The van der Waals surface area contributed by atoms with Crippen molar-refractivity contribution in [3.8, 4) is 5.75 Å². The Morgan fingerprint density at radius 2 is 1.49 bits per heavy atom. The summed E-state index contributed by atoms with van der Waals surface area (Å²) >= 11 is 0. The molecule has 3 aromatic rings. The fourth-order valence-electron chi connectivity index (χ4n) is 4.54. The van der Waals surface area contributed by atoms with E-state index >= 15 is 0 Å². The van der Waals surface area contributed by atoms with Crippen molar-refractivity contribution < 1.29 is 31.1 Å². The summed E-state index contributed by atoms with van der Waals surface area (Å²) < 4.78 is 85.6. The Morgan fingerprint density at radius 1 is 0.865 bits per heavy atom. The van der Waals surface area contributed by atoms with Crippen LogP contribution in [0.5, 0.6) is 5.75 Å². The van der Waals surface area contributed by atoms with E-state index in [1.807, 2.05) is 30.3 Å². The molecular weight excluding hydrogens is 496 g/mol. The molecule has 0 amide bonds. The molecule has 1 aliphatic heterocycles. The summed E-state index contributed by atoms with van der Waals surface area (Å²) in [5.74, 6) is 1.44. The Morgan fingerprint density at radius 3 is 2.05 bits per heavy atom. The second kappa shape index (κ2) is 11.0. The molecular formula is C27H26F6N3O. The highest BCUT2D eigenvalue weighted by Crippen LogP contribution is 2.38. The van der Waals surface area contributed by atoms with Crippen molar-refractivity contribution >= 4 is 5.82 Å². The first-order valence-electron chi connectivity index (χ1n) is 11.7. The van der Waals surface area contributed by atoms with Gasteiger partial charge < -0.3 is 9.64 Å². The standard InChI is InChI=1S/C27H26F6N3O/c1-37-24-7-3-2-6-22(24)23(35-12-14-36(15-13-35)25-8-4-5-11-34-25)10-9-19-16-20(26(28,29)30)18-21(17-19)27(31,32)33/h2-8,10-11,16-18,23H,9,12-15H2,1H3. The van der Waals surface area contributed by atoms with Crippen molar-refractivity contribution in [3.05, 3.63) is 95.5 Å². The fraction of sp³-hybridized carbons (Fsp3) is 0.333. The van der Waals surface area contributed by atoms with Gasteiger partial charge in [0.05, 0.1) is 18.2 Å². The molecule has 0 aliphatic carbocycles. The second-order valence-corrected chi connectivity index (χ2v) is 8.75. The quantitative estimate of drug-likeness (QED) is 0.334. The molecule has 2 heterocycles. The molecule has 0 saturated carbocycles. The zero-order valence-corrected chi connectivity index (χ0v) is 20.1. The zero-order chi connectivity index (χ0) is 26.6. The third-order valence-corrected chi connectivity index (χ3v) is 6.36. The molecule has 2 aromatic carbocycles. The zero-order valence-electron chi connectivity index (χ0n) is 20.1. The van der Waals surface area contributed by atoms with E-state index in [-0.39, 0.29) is 24.1 Å². The van der Waals surface area contributed by atoms with Gasteiger partial charge in [-0.15, -0.1) is 0 Å². The van der Waals surface area contributed by atoms with Crippen molar-refractivity contribution in [3.63, 3.8) is 0 Å². The van der Waals surface area contributed by atoms with Crippen LogP contribution in [0.3, 0.4) is 0 Å². The first-order chi connectivity index (χ1) is 17.6. The SMILES string of the molecule is COc1ccccc1C([CH]Cc1cc(C(F)(F)F)cc(C(F)(F)F)c1)N1CCN(c2ccccn2)CC1. The number of benzene rings is 2. The first-order valence-corrected chi connectivity index (χ1v) is 11.7. The minimum Gasteiger partial charge on any atom is -0.496 e. The molecule has 4 nitrogen and oxygen atoms in total. The van der Waals surface area contributed by atoms with Crippen molar-refractivity contribution in [2.75, 3.05) is 38.2 Å². The number of anilines is 1. The van der Waals surface area contributed by atoms with E-state index in [1.54, 1.807) is 24.8 Å². The van der Waals surface area contributed by atoms with E-state index < -0.39 is 23.5 Å². The van der Waals surface area contributed by atoms with Crippen molar-refractivity contribution in [1.29, 1.82) is 0 Å². The maximum Gasteiger partial charge on any atom is 0.416 e. The van der Waals surface area contributed by atoms with Crippen LogP contribution in [0.15, 0.2) is 66.9 Å². The molecule has 1 aromatic heterocycles. The van der Waals surface area contributed by atoms with Crippen molar-refractivity contribution in [2.45, 2.75) is 24.8 Å². The van der Waals surface area contributed by atoms with E-state index in [9.17, 15) is 26.3 Å². The topological polar surface area (TPSA) is 28.6 Å². The first kappa shape index (κ1) is 26.8. The van der Waals surface area contributed by atoms with E-state index in [0.717, 1.165) is 23.5 Å². The number of nitrogens with zero attached hydrogens (tertiary/aromatic N) is 3. The molecule has 1 fully saturated rings. The number of rotatable bonds is 7. The minimum atomic E-state index is -4.89. The van der Waals surface area contributed by atoms with Crippen LogP contribution in [0, 0.1) is 6.42 Å². The largest absolute Gasteiger partial charge is 0.496 e. The average molecular weight is 523 g/mol. The Hall–Kier alpha value is -3.27. The number of methoxy groups -OCH3 is 1. The lowest BCUT2D eigenvalue weighted by Gasteiger charge is -2.40. The van der Waals surface area contributed by atoms with Gasteiger partial charge in [-0.3, -0.25) is 4.90 Å². The van der Waals surface area contributed by atoms with E-state index in [1.165, 1.54) is 7.11 Å².